The Balaban J connectivity index is 1.98. The van der Waals surface area contributed by atoms with Crippen molar-refractivity contribution in [2.24, 2.45) is 11.7 Å². The maximum atomic E-state index is 13.1. The molecule has 1 unspecified atom stereocenters. The second-order valence-corrected chi connectivity index (χ2v) is 10.5. The monoisotopic (exact) mass is 505 g/mol. The van der Waals surface area contributed by atoms with Crippen LogP contribution in [0.3, 0.4) is 0 Å². The molecule has 0 saturated carbocycles. The largest absolute Gasteiger partial charge is 0.433 e. The molecule has 1 saturated heterocycles. The van der Waals surface area contributed by atoms with Crippen LogP contribution < -0.4 is 15.5 Å². The Labute approximate surface area is 194 Å². The molecule has 8 nitrogen and oxygen atoms in total. The van der Waals surface area contributed by atoms with Crippen LogP contribution in [0, 0.1) is 5.92 Å². The zero-order chi connectivity index (χ0) is 24.7. The lowest BCUT2D eigenvalue weighted by Gasteiger charge is -2.44. The van der Waals surface area contributed by atoms with E-state index < -0.39 is 27.6 Å². The van der Waals surface area contributed by atoms with E-state index in [1.807, 2.05) is 18.7 Å². The van der Waals surface area contributed by atoms with Gasteiger partial charge >= 0.3 is 6.18 Å². The van der Waals surface area contributed by atoms with Crippen LogP contribution in [0.2, 0.25) is 5.02 Å². The predicted molar refractivity (Wildman–Crippen MR) is 118 cm³/mol. The highest BCUT2D eigenvalue weighted by Crippen LogP contribution is 2.35. The fourth-order valence-corrected chi connectivity index (χ4v) is 4.94. The first-order valence-corrected chi connectivity index (χ1v) is 12.2. The topological polar surface area (TPSA) is 109 Å². The number of nitrogens with zero attached hydrogens (tertiary/aromatic N) is 4. The Kier molecular flexibility index (Phi) is 6.81. The molecule has 1 atom stereocenters. The molecular weight excluding hydrogens is 483 g/mol. The van der Waals surface area contributed by atoms with Crippen LogP contribution >= 0.6 is 11.6 Å². The quantitative estimate of drug-likeness (QED) is 0.665. The molecule has 2 aromatic rings. The summed E-state index contributed by atoms with van der Waals surface area (Å²) in [6.45, 7) is 4.72. The van der Waals surface area contributed by atoms with E-state index in [0.717, 1.165) is 18.5 Å². The van der Waals surface area contributed by atoms with E-state index in [1.165, 1.54) is 12.1 Å². The average Bonchev–Trinajstić information content (AvgIpc) is 2.71. The van der Waals surface area contributed by atoms with Gasteiger partial charge in [0.15, 0.2) is 9.84 Å². The predicted octanol–water partition coefficient (Wildman–Crippen LogP) is 3.00. The number of piperazine rings is 1. The Morgan fingerprint density at radius 1 is 1.27 bits per heavy atom. The summed E-state index contributed by atoms with van der Waals surface area (Å²) >= 11 is 6.37. The highest BCUT2D eigenvalue weighted by molar-refractivity contribution is 7.90. The number of halogens is 4. The highest BCUT2D eigenvalue weighted by Gasteiger charge is 2.36. The van der Waals surface area contributed by atoms with Crippen molar-refractivity contribution in [3.8, 4) is 0 Å². The van der Waals surface area contributed by atoms with Crippen LogP contribution in [0.15, 0.2) is 29.3 Å². The minimum absolute atomic E-state index is 0.0102. The number of carbonyl (C=O) groups is 1. The number of hydrogen-bond donors (Lipinski definition) is 1. The molecule has 0 aliphatic carbocycles. The molecule has 1 aromatic carbocycles. The third-order valence-corrected chi connectivity index (χ3v) is 6.87. The third-order valence-electron chi connectivity index (χ3n) is 5.43. The van der Waals surface area contributed by atoms with Crippen LogP contribution in [0.5, 0.6) is 0 Å². The summed E-state index contributed by atoms with van der Waals surface area (Å²) < 4.78 is 63.9. The van der Waals surface area contributed by atoms with Crippen LogP contribution in [0.25, 0.3) is 0 Å². The third kappa shape index (κ3) is 5.32. The van der Waals surface area contributed by atoms with Gasteiger partial charge in [-0.25, -0.2) is 18.4 Å². The number of anilines is 2. The minimum atomic E-state index is -4.59. The molecule has 0 spiro atoms. The molecule has 1 aromatic heterocycles. The van der Waals surface area contributed by atoms with Crippen molar-refractivity contribution in [3.63, 3.8) is 0 Å². The average molecular weight is 506 g/mol. The molecule has 13 heteroatoms. The van der Waals surface area contributed by atoms with Crippen LogP contribution in [0.1, 0.15) is 29.9 Å². The molecular formula is C20H23ClF3N5O3S. The first kappa shape index (κ1) is 25.0. The molecule has 33 heavy (non-hydrogen) atoms. The fourth-order valence-electron chi connectivity index (χ4n) is 3.78. The summed E-state index contributed by atoms with van der Waals surface area (Å²) in [6.07, 6.45) is -2.55. The first-order chi connectivity index (χ1) is 15.2. The maximum Gasteiger partial charge on any atom is 0.433 e. The lowest BCUT2D eigenvalue weighted by molar-refractivity contribution is -0.141. The van der Waals surface area contributed by atoms with Crippen molar-refractivity contribution in [1.82, 2.24) is 9.97 Å². The zero-order valence-corrected chi connectivity index (χ0v) is 19.7. The van der Waals surface area contributed by atoms with Gasteiger partial charge in [0, 0.05) is 32.1 Å². The molecule has 1 aliphatic rings. The number of benzene rings is 1. The van der Waals surface area contributed by atoms with E-state index >= 15 is 0 Å². The van der Waals surface area contributed by atoms with E-state index in [4.69, 9.17) is 17.3 Å². The smallest absolute Gasteiger partial charge is 0.366 e. The fraction of sp³-hybridized carbons (Fsp3) is 0.450. The van der Waals surface area contributed by atoms with E-state index in [2.05, 4.69) is 9.97 Å². The summed E-state index contributed by atoms with van der Waals surface area (Å²) in [5.41, 5.74) is 4.47. The first-order valence-electron chi connectivity index (χ1n) is 9.95. The summed E-state index contributed by atoms with van der Waals surface area (Å²) in [4.78, 5) is 22.8. The number of primary amides is 1. The van der Waals surface area contributed by atoms with Crippen molar-refractivity contribution >= 4 is 39.0 Å². The number of hydrogen-bond acceptors (Lipinski definition) is 7. The Morgan fingerprint density at radius 3 is 2.48 bits per heavy atom. The van der Waals surface area contributed by atoms with Crippen molar-refractivity contribution in [1.29, 1.82) is 0 Å². The lowest BCUT2D eigenvalue weighted by Crippen LogP contribution is -2.56. The van der Waals surface area contributed by atoms with Gasteiger partial charge in [0.1, 0.15) is 5.69 Å². The highest BCUT2D eigenvalue weighted by atomic mass is 35.5. The minimum Gasteiger partial charge on any atom is -0.366 e. The van der Waals surface area contributed by atoms with E-state index in [0.29, 0.717) is 18.8 Å². The number of sulfone groups is 1. The number of amides is 1. The van der Waals surface area contributed by atoms with Gasteiger partial charge in [-0.1, -0.05) is 25.4 Å². The van der Waals surface area contributed by atoms with Crippen molar-refractivity contribution < 1.29 is 26.4 Å². The molecule has 0 bridgehead atoms. The molecule has 3 rings (SSSR count). The van der Waals surface area contributed by atoms with Gasteiger partial charge in [-0.05, 0) is 24.1 Å². The molecule has 0 radical (unpaired) electrons. The SMILES string of the molecule is CC(C)C1CN(c2cc(S(C)(=O)=O)c(C(N)=O)cc2Cl)CCN1c1nccc(C(F)(F)F)n1. The number of rotatable bonds is 5. The Morgan fingerprint density at radius 2 is 1.94 bits per heavy atom. The molecule has 1 amide bonds. The molecule has 2 N–H and O–H groups in total. The van der Waals surface area contributed by atoms with Crippen molar-refractivity contribution in [2.45, 2.75) is 31.0 Å². The summed E-state index contributed by atoms with van der Waals surface area (Å²) in [5, 5.41) is 0.141. The van der Waals surface area contributed by atoms with Gasteiger partial charge in [-0.3, -0.25) is 4.79 Å². The van der Waals surface area contributed by atoms with Crippen molar-refractivity contribution in [3.05, 3.63) is 40.7 Å². The molecule has 2 heterocycles. The molecule has 180 valence electrons. The Hall–Kier alpha value is -2.60. The zero-order valence-electron chi connectivity index (χ0n) is 18.1. The van der Waals surface area contributed by atoms with Gasteiger partial charge in [0.05, 0.1) is 27.2 Å². The van der Waals surface area contributed by atoms with Crippen LogP contribution in [0.4, 0.5) is 24.8 Å². The van der Waals surface area contributed by atoms with E-state index in [1.54, 1.807) is 4.90 Å². The second-order valence-electron chi connectivity index (χ2n) is 8.13. The summed E-state index contributed by atoms with van der Waals surface area (Å²) in [5.74, 6) is -0.963. The number of carbonyl (C=O) groups excluding carboxylic acids is 1. The van der Waals surface area contributed by atoms with Crippen molar-refractivity contribution in [2.75, 3.05) is 35.7 Å². The van der Waals surface area contributed by atoms with E-state index in [-0.39, 0.29) is 39.9 Å². The normalized spacial score (nSPS) is 17.5. The molecule has 1 fully saturated rings. The van der Waals surface area contributed by atoms with Gasteiger partial charge in [0.2, 0.25) is 11.9 Å². The number of alkyl halides is 3. The summed E-state index contributed by atoms with van der Waals surface area (Å²) in [7, 11) is -3.78. The lowest BCUT2D eigenvalue weighted by atomic mass is 9.99. The Bertz CT molecular complexity index is 1170. The standard InChI is InChI=1S/C20H23ClF3N5O3S/c1-11(2)15-10-28(6-7-29(15)19-26-5-4-17(27-19)20(22,23)24)14-9-16(33(3,31)32)12(18(25)30)8-13(14)21/h4-5,8-9,11,15H,6-7,10H2,1-3H3,(H2,25,30). The van der Waals surface area contributed by atoms with Gasteiger partial charge in [-0.2, -0.15) is 13.2 Å². The van der Waals surface area contributed by atoms with Gasteiger partial charge < -0.3 is 15.5 Å². The number of nitrogens with two attached hydrogens (primary N) is 1. The maximum absolute atomic E-state index is 13.1. The summed E-state index contributed by atoms with van der Waals surface area (Å²) in [6, 6.07) is 3.06. The second kappa shape index (κ2) is 8.98. The van der Waals surface area contributed by atoms with Gasteiger partial charge in [-0.15, -0.1) is 0 Å². The molecule has 1 aliphatic heterocycles. The number of aromatic nitrogens is 2. The van der Waals surface area contributed by atoms with Crippen LogP contribution in [-0.2, 0) is 16.0 Å². The van der Waals surface area contributed by atoms with Crippen LogP contribution in [-0.4, -0.2) is 56.2 Å². The van der Waals surface area contributed by atoms with E-state index in [9.17, 15) is 26.4 Å². The van der Waals surface area contributed by atoms with Gasteiger partial charge in [0.25, 0.3) is 0 Å².